The molecule has 4 heteroatoms. The minimum absolute atomic E-state index is 0. The van der Waals surface area contributed by atoms with Crippen LogP contribution in [0.1, 0.15) is 54.8 Å². The minimum Gasteiger partial charge on any atom is -0.147 e. The van der Waals surface area contributed by atoms with Gasteiger partial charge in [-0.05, 0) is 0 Å². The van der Waals surface area contributed by atoms with E-state index in [2.05, 4.69) is 170 Å². The van der Waals surface area contributed by atoms with Gasteiger partial charge < -0.3 is 0 Å². The van der Waals surface area contributed by atoms with Crippen LogP contribution in [0, 0.1) is 12.8 Å². The maximum Gasteiger partial charge on any atom is -0.147 e. The van der Waals surface area contributed by atoms with Crippen LogP contribution >= 0.6 is 24.8 Å². The van der Waals surface area contributed by atoms with Gasteiger partial charge in [0.05, 0.1) is 0 Å². The van der Waals surface area contributed by atoms with E-state index in [4.69, 9.17) is 0 Å². The Hall–Kier alpha value is -3.26. The van der Waals surface area contributed by atoms with Crippen molar-refractivity contribution in [2.45, 2.75) is 43.2 Å². The van der Waals surface area contributed by atoms with Crippen molar-refractivity contribution in [1.82, 2.24) is 0 Å². The summed E-state index contributed by atoms with van der Waals surface area (Å²) in [4.78, 5) is 0. The van der Waals surface area contributed by atoms with Gasteiger partial charge in [0.1, 0.15) is 0 Å². The van der Waals surface area contributed by atoms with Crippen molar-refractivity contribution in [3.05, 3.63) is 166 Å². The summed E-state index contributed by atoms with van der Waals surface area (Å²) in [7, 11) is 0. The van der Waals surface area contributed by atoms with Gasteiger partial charge in [0.15, 0.2) is 0 Å². The van der Waals surface area contributed by atoms with E-state index in [1.54, 1.807) is 22.3 Å². The maximum atomic E-state index is 2.80. The molecule has 256 valence electrons. The van der Waals surface area contributed by atoms with Gasteiger partial charge in [-0.25, -0.2) is 0 Å². The molecule has 3 atom stereocenters. The minimum atomic E-state index is -3.82. The van der Waals surface area contributed by atoms with E-state index in [0.29, 0.717) is 13.2 Å². The van der Waals surface area contributed by atoms with Gasteiger partial charge in [-0.15, -0.1) is 24.8 Å². The molecule has 0 saturated heterocycles. The number of hydrogen-bond acceptors (Lipinski definition) is 0. The van der Waals surface area contributed by atoms with Gasteiger partial charge in [0, 0.05) is 0 Å². The molecule has 0 bridgehead atoms. The second-order valence-corrected chi connectivity index (χ2v) is 46.5. The van der Waals surface area contributed by atoms with Crippen molar-refractivity contribution < 1.29 is 17.4 Å². The molecule has 51 heavy (non-hydrogen) atoms. The van der Waals surface area contributed by atoms with E-state index in [9.17, 15) is 0 Å². The Balaban J connectivity index is 0.00000203. The van der Waals surface area contributed by atoms with Crippen molar-refractivity contribution in [3.8, 4) is 22.3 Å². The van der Waals surface area contributed by atoms with E-state index < -0.39 is 17.4 Å². The second-order valence-electron chi connectivity index (χ2n) is 16.1. The van der Waals surface area contributed by atoms with E-state index in [0.717, 1.165) is 0 Å². The zero-order valence-electron chi connectivity index (χ0n) is 29.9. The first-order valence-electron chi connectivity index (χ1n) is 18.1. The Morgan fingerprint density at radius 2 is 1.16 bits per heavy atom. The number of rotatable bonds is 5. The molecular weight excluding hydrogens is 755 g/mol. The van der Waals surface area contributed by atoms with E-state index in [-0.39, 0.29) is 24.8 Å². The van der Waals surface area contributed by atoms with Gasteiger partial charge in [-0.1, -0.05) is 0 Å². The molecule has 0 spiro atoms. The second kappa shape index (κ2) is 13.3. The first-order valence-corrected chi connectivity index (χ1v) is 31.7. The van der Waals surface area contributed by atoms with Crippen LogP contribution in [-0.4, -0.2) is 6.88 Å². The van der Waals surface area contributed by atoms with Crippen molar-refractivity contribution in [3.63, 3.8) is 0 Å². The zero-order chi connectivity index (χ0) is 33.5. The third-order valence-corrected chi connectivity index (χ3v) is 29.8. The van der Waals surface area contributed by atoms with Crippen LogP contribution in [0.5, 0.6) is 0 Å². The van der Waals surface area contributed by atoms with Gasteiger partial charge in [-0.2, -0.15) is 0 Å². The van der Waals surface area contributed by atoms with Crippen LogP contribution in [-0.2, 0) is 17.4 Å². The average molecular weight is 801 g/mol. The Kier molecular flexibility index (Phi) is 9.42. The van der Waals surface area contributed by atoms with Crippen LogP contribution in [0.2, 0.25) is 9.26 Å². The SMILES string of the molecule is CC1=Cc2c(-c3cccc4ccccc34)ccc(C)c2[CH]1[Zr]([CH3])([CH3])(=[SiH2])[CH]1C(C2C=CCC2)=Cc2c(-c3cccc4ccccc34)cccc21.Cl.Cl. The zero-order valence-corrected chi connectivity index (χ0v) is 35.5. The van der Waals surface area contributed by atoms with Gasteiger partial charge in [0.2, 0.25) is 0 Å². The molecule has 0 heterocycles. The van der Waals surface area contributed by atoms with Crippen LogP contribution in [0.15, 0.2) is 139 Å². The molecule has 0 amide bonds. The summed E-state index contributed by atoms with van der Waals surface area (Å²) in [6.45, 7) is 7.30. The Morgan fingerprint density at radius 1 is 0.588 bits per heavy atom. The summed E-state index contributed by atoms with van der Waals surface area (Å²) in [6, 6.07) is 43.4. The van der Waals surface area contributed by atoms with Gasteiger partial charge in [0.25, 0.3) is 0 Å². The summed E-state index contributed by atoms with van der Waals surface area (Å²) in [5, 5.41) is 5.30. The Bertz CT molecular complexity index is 2520. The molecule has 0 nitrogen and oxygen atoms in total. The molecule has 6 aromatic rings. The van der Waals surface area contributed by atoms with Crippen LogP contribution in [0.25, 0.3) is 56.0 Å². The summed E-state index contributed by atoms with van der Waals surface area (Å²) < 4.78 is 6.57. The third kappa shape index (κ3) is 5.64. The Labute approximate surface area is 318 Å². The molecule has 9 rings (SSSR count). The molecule has 3 aliphatic rings. The van der Waals surface area contributed by atoms with Gasteiger partial charge >= 0.3 is 296 Å². The summed E-state index contributed by atoms with van der Waals surface area (Å²) >= 11 is -3.82. The fraction of sp³-hybridized carbons (Fsp3) is 0.191. The number of allylic oxidation sites excluding steroid dienone is 4. The largest absolute Gasteiger partial charge is 0.147 e. The number of halogens is 2. The molecule has 3 aliphatic carbocycles. The molecule has 6 aromatic carbocycles. The molecule has 0 saturated carbocycles. The number of aryl methyl sites for hydroxylation is 1. The number of fused-ring (bicyclic) bond motifs is 4. The van der Waals surface area contributed by atoms with Crippen molar-refractivity contribution in [2.75, 3.05) is 0 Å². The predicted molar refractivity (Wildman–Crippen MR) is 227 cm³/mol. The van der Waals surface area contributed by atoms with Gasteiger partial charge in [-0.3, -0.25) is 0 Å². The number of hydrogen-bond donors (Lipinski definition) is 0. The topological polar surface area (TPSA) is 0 Å². The fourth-order valence-electron chi connectivity index (χ4n) is 10.3. The fourth-order valence-corrected chi connectivity index (χ4v) is 30.6. The molecule has 0 aliphatic heterocycles. The summed E-state index contributed by atoms with van der Waals surface area (Å²) in [6.07, 6.45) is 12.6. The monoisotopic (exact) mass is 798 g/mol. The Morgan fingerprint density at radius 3 is 1.78 bits per heavy atom. The molecule has 0 aromatic heterocycles. The van der Waals surface area contributed by atoms with E-state index in [1.165, 1.54) is 73.3 Å². The van der Waals surface area contributed by atoms with E-state index >= 15 is 0 Å². The summed E-state index contributed by atoms with van der Waals surface area (Å²) in [5.74, 6) is 0.517. The average Bonchev–Trinajstić information content (AvgIpc) is 3.86. The van der Waals surface area contributed by atoms with Crippen LogP contribution in [0.4, 0.5) is 0 Å². The standard InChI is InChI=1S/C24H19.C21H17.2CH3.2ClH.H2Si.Zr/c1-2-8-17(7-1)20-15-19-11-6-14-23(24(19)16-20)22-13-5-10-18-9-3-4-12-21(18)22;1-14-12-20-15(2)10-11-19(21(20)13-14)18-9-5-7-16-6-3-4-8-17(16)18;;;;;;/h1,3-7,9-17H,2,8H2;3-13H,1-2H3;2*1H3;2*1H;1H2;. The van der Waals surface area contributed by atoms with Crippen molar-refractivity contribution in [2.24, 2.45) is 5.92 Å². The molecule has 0 fully saturated rings. The molecule has 0 N–H and O–H groups in total. The number of benzene rings is 6. The molecule has 3 unspecified atom stereocenters. The molecule has 0 radical (unpaired) electrons. The first kappa shape index (κ1) is 36.1. The first-order chi connectivity index (χ1) is 23.7. The quantitative estimate of drug-likeness (QED) is 0.120. The van der Waals surface area contributed by atoms with E-state index in [1.807, 2.05) is 0 Å². The third-order valence-electron chi connectivity index (χ3n) is 12.2. The smallest absolute Gasteiger partial charge is 0.147 e. The van der Waals surface area contributed by atoms with Crippen LogP contribution < -0.4 is 0 Å². The normalized spacial score (nSPS) is 19.3. The van der Waals surface area contributed by atoms with Crippen molar-refractivity contribution >= 4 is 65.4 Å². The van der Waals surface area contributed by atoms with Crippen molar-refractivity contribution in [1.29, 1.82) is 0 Å². The van der Waals surface area contributed by atoms with Crippen LogP contribution in [0.3, 0.4) is 0 Å². The summed E-state index contributed by atoms with van der Waals surface area (Å²) in [5.41, 5.74) is 16.3. The molecular formula is C47H46Cl2SiZr. The maximum absolute atomic E-state index is 3.82. The predicted octanol–water partition coefficient (Wildman–Crippen LogP) is 13.4.